The molecule has 1 aromatic carbocycles. The molecular formula is C22H25NO2S. The maximum atomic E-state index is 11.8. The second-order valence-electron chi connectivity index (χ2n) is 8.53. The van der Waals surface area contributed by atoms with Gasteiger partial charge >= 0.3 is 5.97 Å². The Morgan fingerprint density at radius 3 is 2.31 bits per heavy atom. The van der Waals surface area contributed by atoms with Crippen LogP contribution in [-0.4, -0.2) is 17.6 Å². The SMILES string of the molecule is CCOC(=O)c1ccc(-c2nc(C34CC5CC(CC(C5)C3)C4)cs2)cc1. The molecule has 1 heterocycles. The number of ether oxygens (including phenoxy) is 1. The number of rotatable bonds is 4. The van der Waals surface area contributed by atoms with Gasteiger partial charge in [-0.2, -0.15) is 0 Å². The first-order valence-electron chi connectivity index (χ1n) is 9.89. The van der Waals surface area contributed by atoms with Gasteiger partial charge in [-0.3, -0.25) is 0 Å². The molecule has 4 aliphatic rings. The number of carbonyl (C=O) groups is 1. The molecule has 0 amide bonds. The molecular weight excluding hydrogens is 342 g/mol. The smallest absolute Gasteiger partial charge is 0.338 e. The van der Waals surface area contributed by atoms with Crippen LogP contribution in [-0.2, 0) is 10.2 Å². The monoisotopic (exact) mass is 367 g/mol. The molecule has 0 N–H and O–H groups in total. The lowest BCUT2D eigenvalue weighted by molar-refractivity contribution is -0.00689. The number of nitrogens with zero attached hydrogens (tertiary/aromatic N) is 1. The number of aromatic nitrogens is 1. The van der Waals surface area contributed by atoms with Gasteiger partial charge in [0.1, 0.15) is 5.01 Å². The Labute approximate surface area is 158 Å². The van der Waals surface area contributed by atoms with Crippen LogP contribution in [0.25, 0.3) is 10.6 Å². The second-order valence-corrected chi connectivity index (χ2v) is 9.39. The van der Waals surface area contributed by atoms with Gasteiger partial charge in [0.25, 0.3) is 0 Å². The first-order chi connectivity index (χ1) is 12.6. The third-order valence-electron chi connectivity index (χ3n) is 6.73. The molecule has 136 valence electrons. The minimum absolute atomic E-state index is 0.257. The zero-order chi connectivity index (χ0) is 17.7. The van der Waals surface area contributed by atoms with Crippen LogP contribution in [0.5, 0.6) is 0 Å². The molecule has 0 unspecified atom stereocenters. The summed E-state index contributed by atoms with van der Waals surface area (Å²) in [6, 6.07) is 7.68. The number of benzene rings is 1. The third kappa shape index (κ3) is 2.70. The van der Waals surface area contributed by atoms with Crippen LogP contribution in [0.15, 0.2) is 29.6 Å². The number of thiazole rings is 1. The van der Waals surface area contributed by atoms with Crippen LogP contribution >= 0.6 is 11.3 Å². The Balaban J connectivity index is 1.40. The highest BCUT2D eigenvalue weighted by atomic mass is 32.1. The van der Waals surface area contributed by atoms with Crippen molar-refractivity contribution >= 4 is 17.3 Å². The van der Waals surface area contributed by atoms with Gasteiger partial charge in [0.15, 0.2) is 0 Å². The van der Waals surface area contributed by atoms with Crippen LogP contribution < -0.4 is 0 Å². The molecule has 4 aliphatic carbocycles. The minimum atomic E-state index is -0.257. The van der Waals surface area contributed by atoms with E-state index in [-0.39, 0.29) is 5.97 Å². The van der Waals surface area contributed by atoms with E-state index in [1.54, 1.807) is 11.3 Å². The van der Waals surface area contributed by atoms with Crippen LogP contribution in [0, 0.1) is 17.8 Å². The Hall–Kier alpha value is -1.68. The van der Waals surface area contributed by atoms with E-state index < -0.39 is 0 Å². The fourth-order valence-electron chi connectivity index (χ4n) is 6.04. The summed E-state index contributed by atoms with van der Waals surface area (Å²) in [4.78, 5) is 16.9. The highest BCUT2D eigenvalue weighted by Gasteiger charge is 2.52. The van der Waals surface area contributed by atoms with Crippen molar-refractivity contribution in [2.45, 2.75) is 50.9 Å². The quantitative estimate of drug-likeness (QED) is 0.674. The van der Waals surface area contributed by atoms with Crippen molar-refractivity contribution in [1.82, 2.24) is 4.98 Å². The zero-order valence-electron chi connectivity index (χ0n) is 15.2. The number of hydrogen-bond donors (Lipinski definition) is 0. The van der Waals surface area contributed by atoms with E-state index in [0.29, 0.717) is 17.6 Å². The number of hydrogen-bond acceptors (Lipinski definition) is 4. The standard InChI is InChI=1S/C22H25NO2S/c1-2-25-21(24)18-5-3-17(4-6-18)20-23-19(13-26-20)22-10-14-7-15(11-22)9-16(8-14)12-22/h3-6,13-16H,2,7-12H2,1H3. The lowest BCUT2D eigenvalue weighted by Gasteiger charge is -2.56. The van der Waals surface area contributed by atoms with E-state index in [0.717, 1.165) is 28.3 Å². The maximum absolute atomic E-state index is 11.8. The minimum Gasteiger partial charge on any atom is -0.462 e. The molecule has 0 radical (unpaired) electrons. The second kappa shape index (κ2) is 6.19. The summed E-state index contributed by atoms with van der Waals surface area (Å²) in [5, 5.41) is 3.38. The molecule has 4 bridgehead atoms. The largest absolute Gasteiger partial charge is 0.462 e. The van der Waals surface area contributed by atoms with Gasteiger partial charge in [0.05, 0.1) is 17.9 Å². The van der Waals surface area contributed by atoms with Crippen molar-refractivity contribution in [3.8, 4) is 10.6 Å². The normalized spacial score (nSPS) is 32.0. The molecule has 26 heavy (non-hydrogen) atoms. The average molecular weight is 368 g/mol. The molecule has 3 nitrogen and oxygen atoms in total. The Morgan fingerprint density at radius 1 is 1.12 bits per heavy atom. The fourth-order valence-corrected chi connectivity index (χ4v) is 6.99. The summed E-state index contributed by atoms with van der Waals surface area (Å²) in [7, 11) is 0. The zero-order valence-corrected chi connectivity index (χ0v) is 16.1. The van der Waals surface area contributed by atoms with Gasteiger partial charge in [-0.25, -0.2) is 9.78 Å². The molecule has 0 aliphatic heterocycles. The summed E-state index contributed by atoms with van der Waals surface area (Å²) in [6.45, 7) is 2.23. The maximum Gasteiger partial charge on any atom is 0.338 e. The van der Waals surface area contributed by atoms with Gasteiger partial charge in [0, 0.05) is 16.4 Å². The summed E-state index contributed by atoms with van der Waals surface area (Å²) >= 11 is 1.75. The lowest BCUT2D eigenvalue weighted by Crippen LogP contribution is -2.48. The van der Waals surface area contributed by atoms with Gasteiger partial charge in [0.2, 0.25) is 0 Å². The molecule has 0 saturated heterocycles. The van der Waals surface area contributed by atoms with Gasteiger partial charge < -0.3 is 4.74 Å². The van der Waals surface area contributed by atoms with E-state index in [2.05, 4.69) is 5.38 Å². The third-order valence-corrected chi connectivity index (χ3v) is 7.62. The van der Waals surface area contributed by atoms with Crippen molar-refractivity contribution in [2.75, 3.05) is 6.61 Å². The van der Waals surface area contributed by atoms with Crippen molar-refractivity contribution in [3.63, 3.8) is 0 Å². The van der Waals surface area contributed by atoms with E-state index in [1.165, 1.54) is 44.2 Å². The summed E-state index contributed by atoms with van der Waals surface area (Å²) in [5.74, 6) is 2.56. The van der Waals surface area contributed by atoms with Crippen LogP contribution in [0.2, 0.25) is 0 Å². The van der Waals surface area contributed by atoms with Crippen molar-refractivity contribution in [1.29, 1.82) is 0 Å². The van der Waals surface area contributed by atoms with Crippen molar-refractivity contribution in [3.05, 3.63) is 40.9 Å². The Kier molecular flexibility index (Phi) is 3.93. The Morgan fingerprint density at radius 2 is 1.73 bits per heavy atom. The van der Waals surface area contributed by atoms with E-state index >= 15 is 0 Å². The predicted molar refractivity (Wildman–Crippen MR) is 103 cm³/mol. The lowest BCUT2D eigenvalue weighted by atomic mass is 9.49. The molecule has 4 fully saturated rings. The molecule has 4 heteroatoms. The topological polar surface area (TPSA) is 39.2 Å². The van der Waals surface area contributed by atoms with E-state index in [4.69, 9.17) is 9.72 Å². The first-order valence-corrected chi connectivity index (χ1v) is 10.8. The summed E-state index contributed by atoms with van der Waals surface area (Å²) in [5.41, 5.74) is 3.40. The first kappa shape index (κ1) is 16.5. The van der Waals surface area contributed by atoms with E-state index in [9.17, 15) is 4.79 Å². The molecule has 1 aromatic heterocycles. The molecule has 0 spiro atoms. The molecule has 0 atom stereocenters. The van der Waals surface area contributed by atoms with Gasteiger partial charge in [-0.15, -0.1) is 11.3 Å². The predicted octanol–water partition coefficient (Wildman–Crippen LogP) is 5.45. The van der Waals surface area contributed by atoms with Crippen molar-refractivity contribution < 1.29 is 9.53 Å². The fraction of sp³-hybridized carbons (Fsp3) is 0.545. The van der Waals surface area contributed by atoms with Gasteiger partial charge in [-0.05, 0) is 75.3 Å². The van der Waals surface area contributed by atoms with Crippen molar-refractivity contribution in [2.24, 2.45) is 17.8 Å². The summed E-state index contributed by atoms with van der Waals surface area (Å²) in [6.07, 6.45) is 8.45. The highest BCUT2D eigenvalue weighted by Crippen LogP contribution is 2.60. The van der Waals surface area contributed by atoms with Crippen LogP contribution in [0.3, 0.4) is 0 Å². The summed E-state index contributed by atoms with van der Waals surface area (Å²) < 4.78 is 5.06. The van der Waals surface area contributed by atoms with Crippen LogP contribution in [0.1, 0.15) is 61.5 Å². The highest BCUT2D eigenvalue weighted by molar-refractivity contribution is 7.13. The molecule has 2 aromatic rings. The Bertz CT molecular complexity index is 788. The van der Waals surface area contributed by atoms with Gasteiger partial charge in [-0.1, -0.05) is 12.1 Å². The van der Waals surface area contributed by atoms with Crippen LogP contribution in [0.4, 0.5) is 0 Å². The number of esters is 1. The molecule has 6 rings (SSSR count). The van der Waals surface area contributed by atoms with E-state index in [1.807, 2.05) is 31.2 Å². The number of carbonyl (C=O) groups excluding carboxylic acids is 1. The molecule has 4 saturated carbocycles. The average Bonchev–Trinajstić information content (AvgIpc) is 3.12.